The minimum absolute atomic E-state index is 0.261. The van der Waals surface area contributed by atoms with Gasteiger partial charge in [-0.1, -0.05) is 0 Å². The summed E-state index contributed by atoms with van der Waals surface area (Å²) in [6, 6.07) is 3.39. The van der Waals surface area contributed by atoms with Crippen LogP contribution < -0.4 is 10.0 Å². The second-order valence-electron chi connectivity index (χ2n) is 4.87. The molecular weight excluding hydrogens is 276 g/mol. The van der Waals surface area contributed by atoms with Crippen LogP contribution >= 0.6 is 0 Å². The molecule has 0 aromatic heterocycles. The number of sulfonamides is 1. The highest BCUT2D eigenvalue weighted by Gasteiger charge is 2.22. The first kappa shape index (κ1) is 16.9. The lowest BCUT2D eigenvalue weighted by molar-refractivity contribution is 0.133. The van der Waals surface area contributed by atoms with Gasteiger partial charge in [0.25, 0.3) is 0 Å². The number of anilines is 1. The van der Waals surface area contributed by atoms with E-state index in [1.807, 2.05) is 26.1 Å². The topological polar surface area (TPSA) is 67.4 Å². The number of nitrogens with one attached hydrogen (secondary N) is 2. The van der Waals surface area contributed by atoms with Crippen LogP contribution in [0.2, 0.25) is 0 Å². The zero-order chi connectivity index (χ0) is 15.3. The van der Waals surface area contributed by atoms with Gasteiger partial charge in [-0.2, -0.15) is 0 Å². The first-order valence-corrected chi connectivity index (χ1v) is 8.19. The molecular formula is C14H24N2O3S. The molecule has 0 spiro atoms. The molecule has 0 bridgehead atoms. The van der Waals surface area contributed by atoms with Gasteiger partial charge in [0.05, 0.1) is 11.5 Å². The lowest BCUT2D eigenvalue weighted by Gasteiger charge is -2.17. The fraction of sp³-hybridized carbons (Fsp3) is 0.571. The van der Waals surface area contributed by atoms with Crippen molar-refractivity contribution < 1.29 is 13.2 Å². The molecule has 2 N–H and O–H groups in total. The number of benzene rings is 1. The minimum atomic E-state index is -3.53. The Morgan fingerprint density at radius 1 is 1.25 bits per heavy atom. The van der Waals surface area contributed by atoms with Gasteiger partial charge in [-0.3, -0.25) is 0 Å². The minimum Gasteiger partial charge on any atom is -0.388 e. The van der Waals surface area contributed by atoms with E-state index >= 15 is 0 Å². The first-order chi connectivity index (χ1) is 9.31. The Bertz CT molecular complexity index is 533. The molecule has 0 aliphatic carbocycles. The molecule has 0 saturated heterocycles. The van der Waals surface area contributed by atoms with Gasteiger partial charge in [0.1, 0.15) is 0 Å². The molecule has 1 aromatic rings. The van der Waals surface area contributed by atoms with Crippen molar-refractivity contribution in [3.63, 3.8) is 0 Å². The van der Waals surface area contributed by atoms with Crippen molar-refractivity contribution in [1.29, 1.82) is 0 Å². The Labute approximate surface area is 121 Å². The molecule has 20 heavy (non-hydrogen) atoms. The summed E-state index contributed by atoms with van der Waals surface area (Å²) in [7, 11) is -1.72. The monoisotopic (exact) mass is 300 g/mol. The maximum atomic E-state index is 12.5. The van der Waals surface area contributed by atoms with E-state index in [-0.39, 0.29) is 6.04 Å². The molecule has 0 aliphatic heterocycles. The van der Waals surface area contributed by atoms with Crippen LogP contribution in [0.4, 0.5) is 5.69 Å². The molecule has 1 rings (SSSR count). The van der Waals surface area contributed by atoms with Gasteiger partial charge in [-0.05, 0) is 51.0 Å². The van der Waals surface area contributed by atoms with Crippen molar-refractivity contribution in [2.75, 3.05) is 25.6 Å². The Morgan fingerprint density at radius 2 is 1.80 bits per heavy atom. The Morgan fingerprint density at radius 3 is 2.25 bits per heavy atom. The summed E-state index contributed by atoms with van der Waals surface area (Å²) in [5.74, 6) is 0. The SMILES string of the molecule is CCOCC(C)NS(=O)(=O)c1c(C)cc(NC)cc1C. The molecule has 1 atom stereocenters. The molecule has 5 nitrogen and oxygen atoms in total. The lowest BCUT2D eigenvalue weighted by Crippen LogP contribution is -2.36. The van der Waals surface area contributed by atoms with Crippen molar-refractivity contribution in [2.24, 2.45) is 0 Å². The predicted octanol–water partition coefficient (Wildman–Crippen LogP) is 2.05. The van der Waals surface area contributed by atoms with Gasteiger partial charge in [0, 0.05) is 25.4 Å². The third-order valence-electron chi connectivity index (χ3n) is 2.95. The van der Waals surface area contributed by atoms with Crippen LogP contribution in [0, 0.1) is 13.8 Å². The molecule has 0 heterocycles. The fourth-order valence-corrected chi connectivity index (χ4v) is 3.85. The van der Waals surface area contributed by atoms with Gasteiger partial charge in [0.2, 0.25) is 10.0 Å². The maximum Gasteiger partial charge on any atom is 0.241 e. The third kappa shape index (κ3) is 4.19. The molecule has 1 aromatic carbocycles. The van der Waals surface area contributed by atoms with Crippen molar-refractivity contribution in [3.05, 3.63) is 23.3 Å². The number of ether oxygens (including phenoxy) is 1. The Balaban J connectivity index is 3.04. The van der Waals surface area contributed by atoms with Crippen molar-refractivity contribution in [3.8, 4) is 0 Å². The number of hydrogen-bond acceptors (Lipinski definition) is 4. The van der Waals surface area contributed by atoms with E-state index in [1.54, 1.807) is 20.8 Å². The van der Waals surface area contributed by atoms with Crippen LogP contribution in [-0.4, -0.2) is 34.7 Å². The molecule has 0 aliphatic rings. The van der Waals surface area contributed by atoms with Gasteiger partial charge in [-0.25, -0.2) is 13.1 Å². The van der Waals surface area contributed by atoms with Crippen molar-refractivity contribution in [1.82, 2.24) is 4.72 Å². The normalized spacial score (nSPS) is 13.2. The first-order valence-electron chi connectivity index (χ1n) is 6.71. The van der Waals surface area contributed by atoms with E-state index in [4.69, 9.17) is 4.74 Å². The van der Waals surface area contributed by atoms with Gasteiger partial charge < -0.3 is 10.1 Å². The summed E-state index contributed by atoms with van der Waals surface area (Å²) in [5, 5.41) is 3.02. The second kappa shape index (κ2) is 7.06. The highest BCUT2D eigenvalue weighted by atomic mass is 32.2. The standard InChI is InChI=1S/C14H24N2O3S/c1-6-19-9-12(4)16-20(17,18)14-10(2)7-13(15-5)8-11(14)3/h7-8,12,15-16H,6,9H2,1-5H3. The van der Waals surface area contributed by atoms with E-state index < -0.39 is 10.0 Å². The van der Waals surface area contributed by atoms with Crippen LogP contribution in [0.3, 0.4) is 0 Å². The summed E-state index contributed by atoms with van der Waals surface area (Å²) >= 11 is 0. The molecule has 0 radical (unpaired) electrons. The Kier molecular flexibility index (Phi) is 5.98. The van der Waals surface area contributed by atoms with Crippen LogP contribution in [0.25, 0.3) is 0 Å². The number of aryl methyl sites for hydroxylation is 2. The largest absolute Gasteiger partial charge is 0.388 e. The number of hydrogen-bond donors (Lipinski definition) is 2. The molecule has 1 unspecified atom stereocenters. The van der Waals surface area contributed by atoms with Gasteiger partial charge in [0.15, 0.2) is 0 Å². The van der Waals surface area contributed by atoms with Crippen LogP contribution in [0.1, 0.15) is 25.0 Å². The predicted molar refractivity (Wildman–Crippen MR) is 81.7 cm³/mol. The second-order valence-corrected chi connectivity index (χ2v) is 6.52. The fourth-order valence-electron chi connectivity index (χ4n) is 2.17. The molecule has 6 heteroatoms. The number of rotatable bonds is 7. The highest BCUT2D eigenvalue weighted by molar-refractivity contribution is 7.89. The zero-order valence-electron chi connectivity index (χ0n) is 12.8. The summed E-state index contributed by atoms with van der Waals surface area (Å²) < 4.78 is 32.8. The molecule has 0 fully saturated rings. The van der Waals surface area contributed by atoms with E-state index in [1.165, 1.54) is 0 Å². The van der Waals surface area contributed by atoms with Crippen LogP contribution in [0.15, 0.2) is 17.0 Å². The highest BCUT2D eigenvalue weighted by Crippen LogP contribution is 2.24. The van der Waals surface area contributed by atoms with E-state index in [9.17, 15) is 8.42 Å². The van der Waals surface area contributed by atoms with Crippen LogP contribution in [-0.2, 0) is 14.8 Å². The lowest BCUT2D eigenvalue weighted by atomic mass is 10.1. The summed E-state index contributed by atoms with van der Waals surface area (Å²) in [5.41, 5.74) is 2.36. The average molecular weight is 300 g/mol. The summed E-state index contributed by atoms with van der Waals surface area (Å²) in [6.07, 6.45) is 0. The van der Waals surface area contributed by atoms with E-state index in [2.05, 4.69) is 10.0 Å². The van der Waals surface area contributed by atoms with E-state index in [0.717, 1.165) is 16.8 Å². The average Bonchev–Trinajstić information content (AvgIpc) is 2.34. The summed E-state index contributed by atoms with van der Waals surface area (Å²) in [6.45, 7) is 8.21. The van der Waals surface area contributed by atoms with Gasteiger partial charge >= 0.3 is 0 Å². The quantitative estimate of drug-likeness (QED) is 0.809. The Hall–Kier alpha value is -1.11. The summed E-state index contributed by atoms with van der Waals surface area (Å²) in [4.78, 5) is 0.347. The molecule has 0 amide bonds. The molecule has 0 saturated carbocycles. The van der Waals surface area contributed by atoms with E-state index in [0.29, 0.717) is 18.1 Å². The van der Waals surface area contributed by atoms with Crippen LogP contribution in [0.5, 0.6) is 0 Å². The van der Waals surface area contributed by atoms with Crippen molar-refractivity contribution >= 4 is 15.7 Å². The molecule has 114 valence electrons. The van der Waals surface area contributed by atoms with Gasteiger partial charge in [-0.15, -0.1) is 0 Å². The maximum absolute atomic E-state index is 12.5. The zero-order valence-corrected chi connectivity index (χ0v) is 13.6. The smallest absolute Gasteiger partial charge is 0.241 e. The van der Waals surface area contributed by atoms with Crippen molar-refractivity contribution in [2.45, 2.75) is 38.6 Å². The third-order valence-corrected chi connectivity index (χ3v) is 4.84.